The summed E-state index contributed by atoms with van der Waals surface area (Å²) in [6.07, 6.45) is 9.18. The van der Waals surface area contributed by atoms with E-state index in [1.165, 1.54) is 10.4 Å². The maximum absolute atomic E-state index is 13.5. The van der Waals surface area contributed by atoms with Crippen molar-refractivity contribution in [3.05, 3.63) is 98.1 Å². The first-order valence-corrected chi connectivity index (χ1v) is 21.0. The molecule has 0 aromatic heterocycles. The Hall–Kier alpha value is -2.52. The van der Waals surface area contributed by atoms with Crippen molar-refractivity contribution < 1.29 is 18.4 Å². The van der Waals surface area contributed by atoms with E-state index in [0.717, 1.165) is 12.8 Å². The third-order valence-electron chi connectivity index (χ3n) is 9.61. The van der Waals surface area contributed by atoms with Gasteiger partial charge in [0.05, 0.1) is 18.6 Å². The molecule has 0 saturated carbocycles. The van der Waals surface area contributed by atoms with Gasteiger partial charge < -0.3 is 13.6 Å². The molecule has 0 saturated heterocycles. The van der Waals surface area contributed by atoms with Crippen LogP contribution in [0.1, 0.15) is 67.7 Å². The highest BCUT2D eigenvalue weighted by Gasteiger charge is 2.54. The molecule has 2 aromatic carbocycles. The molecular formula is C38H56O4Si2. The minimum absolute atomic E-state index is 0.0555. The summed E-state index contributed by atoms with van der Waals surface area (Å²) in [6.45, 7) is 28.0. The predicted molar refractivity (Wildman–Crippen MR) is 190 cm³/mol. The molecule has 1 aliphatic rings. The van der Waals surface area contributed by atoms with E-state index in [0.29, 0.717) is 0 Å². The number of rotatable bonds is 13. The van der Waals surface area contributed by atoms with E-state index in [9.17, 15) is 4.79 Å². The van der Waals surface area contributed by atoms with Crippen LogP contribution in [0.5, 0.6) is 0 Å². The van der Waals surface area contributed by atoms with Crippen molar-refractivity contribution in [2.75, 3.05) is 0 Å². The van der Waals surface area contributed by atoms with E-state index < -0.39 is 16.6 Å². The van der Waals surface area contributed by atoms with Crippen LogP contribution in [0.15, 0.2) is 98.1 Å². The van der Waals surface area contributed by atoms with Crippen molar-refractivity contribution in [3.8, 4) is 0 Å². The molecule has 0 fully saturated rings. The largest absolute Gasteiger partial charge is 0.458 e. The number of allylic oxidation sites excluding steroid dienone is 1. The number of benzene rings is 2. The molecule has 0 N–H and O–H groups in total. The topological polar surface area (TPSA) is 44.8 Å². The molecular weight excluding hydrogens is 577 g/mol. The molecule has 44 heavy (non-hydrogen) atoms. The standard InChI is InChI=1S/C38H56O4Si2/c1-12-14-25-32-33(28-36(39)40-29(3)13-2)35(27-26-34(32)41-43(10,11)37(4,5)6)42-44(38(7,8)9,30-21-17-15-18-22-30)31-23-19-16-20-24-31/h12-13,15-24,26-27,29,32-35H,1-2,14,25,28H2,3-11H3/t29-,32+,33+,34+,35-/m0/s1. The second-order valence-electron chi connectivity index (χ2n) is 14.8. The molecule has 0 amide bonds. The summed E-state index contributed by atoms with van der Waals surface area (Å²) in [5, 5.41) is 2.30. The molecule has 240 valence electrons. The van der Waals surface area contributed by atoms with E-state index in [1.807, 2.05) is 13.0 Å². The molecule has 1 aliphatic carbocycles. The maximum Gasteiger partial charge on any atom is 0.306 e. The summed E-state index contributed by atoms with van der Waals surface area (Å²) in [7, 11) is -5.02. The zero-order valence-corrected chi connectivity index (χ0v) is 30.6. The first-order chi connectivity index (χ1) is 20.6. The van der Waals surface area contributed by atoms with Crippen LogP contribution in [0, 0.1) is 11.8 Å². The highest BCUT2D eigenvalue weighted by molar-refractivity contribution is 6.99. The fourth-order valence-electron chi connectivity index (χ4n) is 6.11. The number of ether oxygens (including phenoxy) is 1. The summed E-state index contributed by atoms with van der Waals surface area (Å²) in [5.41, 5.74) is 0. The van der Waals surface area contributed by atoms with Gasteiger partial charge in [-0.2, -0.15) is 0 Å². The predicted octanol–water partition coefficient (Wildman–Crippen LogP) is 8.60. The van der Waals surface area contributed by atoms with E-state index in [-0.39, 0.29) is 52.6 Å². The zero-order valence-electron chi connectivity index (χ0n) is 28.6. The van der Waals surface area contributed by atoms with E-state index in [1.54, 1.807) is 6.08 Å². The summed E-state index contributed by atoms with van der Waals surface area (Å²) >= 11 is 0. The number of hydrogen-bond donors (Lipinski definition) is 0. The lowest BCUT2D eigenvalue weighted by Gasteiger charge is -2.49. The summed E-state index contributed by atoms with van der Waals surface area (Å²) in [5.74, 6) is -0.314. The molecule has 0 radical (unpaired) electrons. The van der Waals surface area contributed by atoms with Crippen LogP contribution in [0.2, 0.25) is 23.2 Å². The van der Waals surface area contributed by atoms with E-state index in [2.05, 4.69) is 141 Å². The highest BCUT2D eigenvalue weighted by atomic mass is 28.4. The zero-order chi connectivity index (χ0) is 32.8. The molecule has 0 spiro atoms. The van der Waals surface area contributed by atoms with Gasteiger partial charge in [0.25, 0.3) is 8.32 Å². The molecule has 2 aromatic rings. The third-order valence-corrected chi connectivity index (χ3v) is 19.1. The van der Waals surface area contributed by atoms with Gasteiger partial charge >= 0.3 is 5.97 Å². The van der Waals surface area contributed by atoms with Gasteiger partial charge in [0.2, 0.25) is 0 Å². The smallest absolute Gasteiger partial charge is 0.306 e. The molecule has 0 heterocycles. The summed E-state index contributed by atoms with van der Waals surface area (Å²) in [6, 6.07) is 21.4. The molecule has 0 aliphatic heterocycles. The van der Waals surface area contributed by atoms with Crippen LogP contribution >= 0.6 is 0 Å². The Morgan fingerprint density at radius 3 is 1.75 bits per heavy atom. The Morgan fingerprint density at radius 1 is 0.818 bits per heavy atom. The lowest BCUT2D eigenvalue weighted by molar-refractivity contribution is -0.149. The quantitative estimate of drug-likeness (QED) is 0.126. The third kappa shape index (κ3) is 8.19. The molecule has 3 rings (SSSR count). The van der Waals surface area contributed by atoms with Crippen molar-refractivity contribution in [2.24, 2.45) is 11.8 Å². The molecule has 4 nitrogen and oxygen atoms in total. The van der Waals surface area contributed by atoms with Crippen molar-refractivity contribution >= 4 is 33.0 Å². The van der Waals surface area contributed by atoms with Gasteiger partial charge in [0.15, 0.2) is 8.32 Å². The van der Waals surface area contributed by atoms with Crippen LogP contribution in [-0.2, 0) is 18.4 Å². The van der Waals surface area contributed by atoms with Gasteiger partial charge in [0.1, 0.15) is 6.10 Å². The fraction of sp³-hybridized carbons (Fsp3) is 0.500. The average Bonchev–Trinajstić information content (AvgIpc) is 2.95. The Labute approximate surface area is 269 Å². The van der Waals surface area contributed by atoms with Crippen LogP contribution in [-0.4, -0.2) is 40.9 Å². The lowest BCUT2D eigenvalue weighted by atomic mass is 9.75. The van der Waals surface area contributed by atoms with Crippen molar-refractivity contribution in [2.45, 2.75) is 109 Å². The van der Waals surface area contributed by atoms with Crippen LogP contribution < -0.4 is 10.4 Å². The van der Waals surface area contributed by atoms with Gasteiger partial charge in [-0.05, 0) is 59.2 Å². The fourth-order valence-corrected chi connectivity index (χ4v) is 12.1. The highest BCUT2D eigenvalue weighted by Crippen LogP contribution is 2.45. The Morgan fingerprint density at radius 2 is 1.32 bits per heavy atom. The normalized spacial score (nSPS) is 21.8. The van der Waals surface area contributed by atoms with Crippen LogP contribution in [0.4, 0.5) is 0 Å². The molecule has 6 heteroatoms. The summed E-state index contributed by atoms with van der Waals surface area (Å²) in [4.78, 5) is 13.5. The van der Waals surface area contributed by atoms with Gasteiger partial charge in [-0.1, -0.05) is 133 Å². The second kappa shape index (κ2) is 14.7. The number of esters is 1. The molecule has 0 bridgehead atoms. The monoisotopic (exact) mass is 632 g/mol. The SMILES string of the molecule is C=CCC[C@@H]1[C@@H](CC(=O)O[C@@H](C)C=C)[C@@H](O[Si](c2ccccc2)(c2ccccc2)C(C)(C)C)C=C[C@H]1O[Si](C)(C)C(C)(C)C. The van der Waals surface area contributed by atoms with Crippen molar-refractivity contribution in [1.82, 2.24) is 0 Å². The van der Waals surface area contributed by atoms with Gasteiger partial charge in [0, 0.05) is 5.92 Å². The van der Waals surface area contributed by atoms with Crippen LogP contribution in [0.3, 0.4) is 0 Å². The minimum Gasteiger partial charge on any atom is -0.458 e. The van der Waals surface area contributed by atoms with Crippen molar-refractivity contribution in [1.29, 1.82) is 0 Å². The molecule has 0 unspecified atom stereocenters. The Kier molecular flexibility index (Phi) is 12.0. The van der Waals surface area contributed by atoms with E-state index in [4.69, 9.17) is 13.6 Å². The lowest BCUT2D eigenvalue weighted by Crippen LogP contribution is -2.68. The first-order valence-electron chi connectivity index (χ1n) is 16.2. The van der Waals surface area contributed by atoms with Gasteiger partial charge in [-0.3, -0.25) is 4.79 Å². The number of carbonyl (C=O) groups is 1. The molecule has 5 atom stereocenters. The second-order valence-corrected chi connectivity index (χ2v) is 23.8. The maximum atomic E-state index is 13.5. The van der Waals surface area contributed by atoms with Crippen molar-refractivity contribution in [3.63, 3.8) is 0 Å². The Bertz CT molecular complexity index is 1220. The van der Waals surface area contributed by atoms with Gasteiger partial charge in [-0.25, -0.2) is 0 Å². The van der Waals surface area contributed by atoms with Gasteiger partial charge in [-0.15, -0.1) is 6.58 Å². The van der Waals surface area contributed by atoms with E-state index >= 15 is 0 Å². The van der Waals surface area contributed by atoms with Crippen LogP contribution in [0.25, 0.3) is 0 Å². The summed E-state index contributed by atoms with van der Waals surface area (Å²) < 4.78 is 20.5. The first kappa shape index (κ1) is 36.0. The number of hydrogen-bond acceptors (Lipinski definition) is 4. The number of carbonyl (C=O) groups excluding carboxylic acids is 1. The average molecular weight is 633 g/mol. The Balaban J connectivity index is 2.21. The minimum atomic E-state index is -2.90.